The summed E-state index contributed by atoms with van der Waals surface area (Å²) in [5.41, 5.74) is -0.869. The molecule has 10 heteroatoms. The van der Waals surface area contributed by atoms with Crippen LogP contribution < -0.4 is 4.74 Å². The lowest BCUT2D eigenvalue weighted by atomic mass is 10.1. The van der Waals surface area contributed by atoms with Crippen molar-refractivity contribution in [3.8, 4) is 11.7 Å². The molecule has 0 unspecified atom stereocenters. The molecule has 0 spiro atoms. The summed E-state index contributed by atoms with van der Waals surface area (Å²) < 4.78 is 49.3. The number of alkyl halides is 3. The molecule has 3 rings (SSSR count). The zero-order valence-corrected chi connectivity index (χ0v) is 12.9. The number of benzene rings is 1. The van der Waals surface area contributed by atoms with Crippen molar-refractivity contribution >= 4 is 11.6 Å². The number of rotatable bonds is 6. The van der Waals surface area contributed by atoms with Crippen LogP contribution in [-0.2, 0) is 17.4 Å². The molecule has 0 amide bonds. The van der Waals surface area contributed by atoms with Crippen LogP contribution in [0, 0.1) is 0 Å². The van der Waals surface area contributed by atoms with Crippen LogP contribution in [0.2, 0.25) is 0 Å². The molecule has 2 aromatic heterocycles. The molecule has 134 valence electrons. The highest BCUT2D eigenvalue weighted by Crippen LogP contribution is 2.38. The van der Waals surface area contributed by atoms with Crippen molar-refractivity contribution in [2.45, 2.75) is 12.6 Å². The number of Topliss-reactive ketones (excluding diaryl/α,β-unsaturated/α-hetero) is 2. The molecule has 1 aromatic carbocycles. The molecular weight excluding hydrogens is 355 g/mol. The number of nitrogens with one attached hydrogen (secondary N) is 1. The summed E-state index contributed by atoms with van der Waals surface area (Å²) in [5.74, 6) is -2.78. The number of ketones is 2. The predicted octanol–water partition coefficient (Wildman–Crippen LogP) is 3.20. The molecule has 7 nitrogen and oxygen atoms in total. The third-order valence-corrected chi connectivity index (χ3v) is 3.34. The number of furan rings is 1. The van der Waals surface area contributed by atoms with Crippen LogP contribution in [-0.4, -0.2) is 26.7 Å². The second-order valence-electron chi connectivity index (χ2n) is 5.09. The molecule has 0 bridgehead atoms. The van der Waals surface area contributed by atoms with Gasteiger partial charge in [0, 0.05) is 12.0 Å². The van der Waals surface area contributed by atoms with E-state index in [1.807, 2.05) is 0 Å². The van der Waals surface area contributed by atoms with Crippen LogP contribution in [0.1, 0.15) is 21.7 Å². The number of aromatic nitrogens is 3. The molecule has 0 fully saturated rings. The number of nitrogens with zero attached hydrogens (tertiary/aromatic N) is 2. The fourth-order valence-corrected chi connectivity index (χ4v) is 2.13. The summed E-state index contributed by atoms with van der Waals surface area (Å²) in [7, 11) is 0. The lowest BCUT2D eigenvalue weighted by Crippen LogP contribution is -2.18. The van der Waals surface area contributed by atoms with E-state index in [2.05, 4.69) is 15.2 Å². The van der Waals surface area contributed by atoms with Gasteiger partial charge in [0.1, 0.15) is 12.1 Å². The van der Waals surface area contributed by atoms with Crippen molar-refractivity contribution in [2.75, 3.05) is 0 Å². The number of ether oxygens (including phenoxy) is 1. The Morgan fingerprint density at radius 1 is 1.19 bits per heavy atom. The highest BCUT2D eigenvalue weighted by molar-refractivity contribution is 6.43. The smallest absolute Gasteiger partial charge is 0.419 e. The van der Waals surface area contributed by atoms with E-state index in [4.69, 9.17) is 9.15 Å². The number of hydrogen-bond acceptors (Lipinski definition) is 6. The molecule has 3 aromatic rings. The summed E-state index contributed by atoms with van der Waals surface area (Å²) in [4.78, 5) is 27.5. The Morgan fingerprint density at radius 3 is 2.65 bits per heavy atom. The number of H-pyrrole nitrogens is 1. The second kappa shape index (κ2) is 6.82. The quantitative estimate of drug-likeness (QED) is 0.532. The van der Waals surface area contributed by atoms with Gasteiger partial charge in [-0.1, -0.05) is 12.1 Å². The molecule has 0 saturated heterocycles. The van der Waals surface area contributed by atoms with Gasteiger partial charge in [0.05, 0.1) is 11.8 Å². The van der Waals surface area contributed by atoms with Crippen molar-refractivity contribution in [3.05, 3.63) is 59.9 Å². The van der Waals surface area contributed by atoms with Crippen molar-refractivity contribution in [2.24, 2.45) is 0 Å². The monoisotopic (exact) mass is 365 g/mol. The van der Waals surface area contributed by atoms with Gasteiger partial charge in [-0.15, -0.1) is 0 Å². The van der Waals surface area contributed by atoms with E-state index in [0.717, 1.165) is 24.7 Å². The molecule has 26 heavy (non-hydrogen) atoms. The van der Waals surface area contributed by atoms with Gasteiger partial charge >= 0.3 is 6.18 Å². The van der Waals surface area contributed by atoms with E-state index >= 15 is 0 Å². The second-order valence-corrected chi connectivity index (χ2v) is 5.09. The summed E-state index contributed by atoms with van der Waals surface area (Å²) >= 11 is 0. The van der Waals surface area contributed by atoms with Gasteiger partial charge in [-0.25, -0.2) is 4.98 Å². The number of halogens is 3. The summed E-state index contributed by atoms with van der Waals surface area (Å²) in [6.45, 7) is 0. The topological polar surface area (TPSA) is 98.1 Å². The van der Waals surface area contributed by atoms with Crippen LogP contribution in [0.4, 0.5) is 13.2 Å². The first-order valence-electron chi connectivity index (χ1n) is 7.19. The maximum absolute atomic E-state index is 13.0. The Labute approximate surface area is 143 Å². The minimum Gasteiger partial charge on any atom is -0.434 e. The third-order valence-electron chi connectivity index (χ3n) is 3.34. The first-order valence-corrected chi connectivity index (χ1v) is 7.19. The largest absolute Gasteiger partial charge is 0.434 e. The van der Waals surface area contributed by atoms with Crippen molar-refractivity contribution < 1.29 is 31.9 Å². The Hall–Kier alpha value is -3.43. The Bertz CT molecular complexity index is 932. The van der Waals surface area contributed by atoms with Gasteiger partial charge in [0.25, 0.3) is 11.7 Å². The minimum atomic E-state index is -4.62. The van der Waals surface area contributed by atoms with Gasteiger partial charge in [0.2, 0.25) is 5.78 Å². The number of aromatic amines is 1. The predicted molar refractivity (Wildman–Crippen MR) is 79.7 cm³/mol. The summed E-state index contributed by atoms with van der Waals surface area (Å²) in [5, 5.41) is 5.73. The van der Waals surface area contributed by atoms with E-state index in [-0.39, 0.29) is 17.3 Å². The highest BCUT2D eigenvalue weighted by Gasteiger charge is 2.34. The molecule has 1 N–H and O–H groups in total. The Morgan fingerprint density at radius 2 is 1.96 bits per heavy atom. The van der Waals surface area contributed by atoms with E-state index in [0.29, 0.717) is 0 Å². The highest BCUT2D eigenvalue weighted by atomic mass is 19.4. The molecular formula is C16H10F3N3O4. The fourth-order valence-electron chi connectivity index (χ4n) is 2.13. The maximum Gasteiger partial charge on any atom is 0.419 e. The van der Waals surface area contributed by atoms with E-state index in [9.17, 15) is 22.8 Å². The van der Waals surface area contributed by atoms with Crippen LogP contribution in [0.3, 0.4) is 0 Å². The van der Waals surface area contributed by atoms with Crippen LogP contribution >= 0.6 is 0 Å². The molecule has 2 heterocycles. The standard InChI is InChI=1S/C16H10F3N3O4/c17-16(18,19)10-3-1-2-4-12(10)26-15-9(5-6-25-15)7-11(23)13(24)14-20-8-21-22-14/h1-6,8H,7H2,(H,20,21,22). The van der Waals surface area contributed by atoms with Gasteiger partial charge < -0.3 is 9.15 Å². The zero-order chi connectivity index (χ0) is 18.7. The number of hydrogen-bond donors (Lipinski definition) is 1. The van der Waals surface area contributed by atoms with Crippen LogP contribution in [0.15, 0.2) is 47.3 Å². The molecule has 0 atom stereocenters. The average molecular weight is 365 g/mol. The Balaban J connectivity index is 1.80. The molecule has 0 aliphatic heterocycles. The van der Waals surface area contributed by atoms with Crippen molar-refractivity contribution in [1.29, 1.82) is 0 Å². The van der Waals surface area contributed by atoms with Crippen molar-refractivity contribution in [3.63, 3.8) is 0 Å². The van der Waals surface area contributed by atoms with Gasteiger partial charge in [-0.3, -0.25) is 14.7 Å². The number of carbonyl (C=O) groups excluding carboxylic acids is 2. The maximum atomic E-state index is 13.0. The molecule has 0 saturated carbocycles. The van der Waals surface area contributed by atoms with Gasteiger partial charge in [-0.05, 0) is 18.2 Å². The first kappa shape index (κ1) is 17.4. The SMILES string of the molecule is O=C(Cc1ccoc1Oc1ccccc1C(F)(F)F)C(=O)c1ncn[nH]1. The lowest BCUT2D eigenvalue weighted by molar-refractivity contribution is -0.138. The van der Waals surface area contributed by atoms with Crippen LogP contribution in [0.5, 0.6) is 11.7 Å². The van der Waals surface area contributed by atoms with Crippen LogP contribution in [0.25, 0.3) is 0 Å². The fraction of sp³-hybridized carbons (Fsp3) is 0.125. The summed E-state index contributed by atoms with van der Waals surface area (Å²) in [6.07, 6.45) is -2.84. The first-order chi connectivity index (χ1) is 12.4. The minimum absolute atomic E-state index is 0.125. The molecule has 0 aliphatic rings. The molecule has 0 aliphatic carbocycles. The molecule has 0 radical (unpaired) electrons. The van der Waals surface area contributed by atoms with E-state index in [1.54, 1.807) is 0 Å². The number of carbonyl (C=O) groups is 2. The van der Waals surface area contributed by atoms with E-state index < -0.39 is 35.5 Å². The average Bonchev–Trinajstić information content (AvgIpc) is 3.26. The number of para-hydroxylation sites is 1. The van der Waals surface area contributed by atoms with Gasteiger partial charge in [-0.2, -0.15) is 18.3 Å². The zero-order valence-electron chi connectivity index (χ0n) is 12.9. The van der Waals surface area contributed by atoms with Gasteiger partial charge in [0.15, 0.2) is 5.82 Å². The normalized spacial score (nSPS) is 11.3. The summed E-state index contributed by atoms with van der Waals surface area (Å²) in [6, 6.07) is 5.90. The lowest BCUT2D eigenvalue weighted by Gasteiger charge is -2.12. The Kier molecular flexibility index (Phi) is 4.57. The van der Waals surface area contributed by atoms with Crippen molar-refractivity contribution in [1.82, 2.24) is 15.2 Å². The third kappa shape index (κ3) is 3.63. The van der Waals surface area contributed by atoms with E-state index in [1.165, 1.54) is 18.2 Å².